The van der Waals surface area contributed by atoms with E-state index in [2.05, 4.69) is 36.4 Å². The number of oxazole rings is 1. The smallest absolute Gasteiger partial charge is 0.337 e. The summed E-state index contributed by atoms with van der Waals surface area (Å²) in [6.45, 7) is 0. The average molecular weight is 450 g/mol. The maximum Gasteiger partial charge on any atom is 0.337 e. The van der Waals surface area contributed by atoms with Crippen LogP contribution in [-0.2, 0) is 11.2 Å². The van der Waals surface area contributed by atoms with Crippen molar-refractivity contribution in [2.45, 2.75) is 25.7 Å². The third-order valence-corrected chi connectivity index (χ3v) is 6.35. The largest absolute Gasteiger partial charge is 0.465 e. The lowest BCUT2D eigenvalue weighted by atomic mass is 9.83. The second-order valence-electron chi connectivity index (χ2n) is 8.61. The zero-order valence-corrected chi connectivity index (χ0v) is 19.2. The number of nitrogens with zero attached hydrogens (tertiary/aromatic N) is 1. The second-order valence-corrected chi connectivity index (χ2v) is 8.61. The lowest BCUT2D eigenvalue weighted by Gasteiger charge is -2.22. The van der Waals surface area contributed by atoms with E-state index < -0.39 is 0 Å². The van der Waals surface area contributed by atoms with Crippen LogP contribution in [0.4, 0.5) is 0 Å². The number of benzene rings is 3. The molecule has 1 heterocycles. The Bertz CT molecular complexity index is 1250. The van der Waals surface area contributed by atoms with Crippen molar-refractivity contribution in [3.05, 3.63) is 108 Å². The highest BCUT2D eigenvalue weighted by atomic mass is 16.5. The summed E-state index contributed by atoms with van der Waals surface area (Å²) in [7, 11) is 1.41. The molecule has 4 aromatic rings. The van der Waals surface area contributed by atoms with Gasteiger partial charge in [-0.05, 0) is 49.3 Å². The van der Waals surface area contributed by atoms with Crippen LogP contribution < -0.4 is 0 Å². The van der Waals surface area contributed by atoms with Gasteiger partial charge in [0.25, 0.3) is 0 Å². The van der Waals surface area contributed by atoms with Gasteiger partial charge >= 0.3 is 5.97 Å². The number of methoxy groups -OCH3 is 1. The molecular weight excluding hydrogens is 422 g/mol. The fourth-order valence-electron chi connectivity index (χ4n) is 4.67. The van der Waals surface area contributed by atoms with Gasteiger partial charge in [0.1, 0.15) is 5.69 Å². The maximum absolute atomic E-state index is 12.0. The minimum Gasteiger partial charge on any atom is -0.465 e. The molecule has 0 fully saturated rings. The Balaban J connectivity index is 1.51. The third kappa shape index (κ3) is 4.58. The van der Waals surface area contributed by atoms with E-state index in [1.807, 2.05) is 48.5 Å². The molecule has 170 valence electrons. The van der Waals surface area contributed by atoms with E-state index in [4.69, 9.17) is 14.1 Å². The third-order valence-electron chi connectivity index (χ3n) is 6.35. The Hall–Kier alpha value is -3.92. The first kappa shape index (κ1) is 21.9. The summed E-state index contributed by atoms with van der Waals surface area (Å²) in [5, 5.41) is 0. The highest BCUT2D eigenvalue weighted by molar-refractivity contribution is 5.89. The van der Waals surface area contributed by atoms with Crippen LogP contribution in [0.25, 0.3) is 28.2 Å². The number of esters is 1. The predicted molar refractivity (Wildman–Crippen MR) is 134 cm³/mol. The van der Waals surface area contributed by atoms with E-state index in [9.17, 15) is 4.79 Å². The molecule has 5 rings (SSSR count). The van der Waals surface area contributed by atoms with Crippen molar-refractivity contribution in [3.8, 4) is 22.6 Å². The van der Waals surface area contributed by atoms with Crippen LogP contribution in [0.2, 0.25) is 0 Å². The van der Waals surface area contributed by atoms with E-state index in [0.717, 1.165) is 59.4 Å². The van der Waals surface area contributed by atoms with Crippen molar-refractivity contribution < 1.29 is 13.9 Å². The molecule has 1 aliphatic rings. The number of carbonyl (C=O) groups excluding carboxylic acids is 1. The number of rotatable bonds is 6. The van der Waals surface area contributed by atoms with Gasteiger partial charge in [0, 0.05) is 16.7 Å². The number of carbonyl (C=O) groups is 1. The molecule has 1 atom stereocenters. The number of aromatic nitrogens is 1. The quantitative estimate of drug-likeness (QED) is 0.292. The SMILES string of the molecule is COC(=O)c1cccc(C[C@H]2CCCC=C2c2nc(-c3ccccc3)c(-c3ccccc3)o2)c1. The molecule has 1 aromatic heterocycles. The molecule has 0 spiro atoms. The monoisotopic (exact) mass is 449 g/mol. The first-order valence-corrected chi connectivity index (χ1v) is 11.7. The van der Waals surface area contributed by atoms with Gasteiger partial charge in [-0.2, -0.15) is 0 Å². The highest BCUT2D eigenvalue weighted by Gasteiger charge is 2.26. The molecule has 0 radical (unpaired) electrons. The summed E-state index contributed by atoms with van der Waals surface area (Å²) in [5.74, 6) is 1.44. The van der Waals surface area contributed by atoms with E-state index >= 15 is 0 Å². The minimum absolute atomic E-state index is 0.271. The van der Waals surface area contributed by atoms with Gasteiger partial charge in [0.15, 0.2) is 5.76 Å². The summed E-state index contributed by atoms with van der Waals surface area (Å²) >= 11 is 0. The molecule has 0 N–H and O–H groups in total. The van der Waals surface area contributed by atoms with Crippen LogP contribution in [0.5, 0.6) is 0 Å². The van der Waals surface area contributed by atoms with Crippen molar-refractivity contribution in [3.63, 3.8) is 0 Å². The van der Waals surface area contributed by atoms with E-state index in [-0.39, 0.29) is 11.9 Å². The normalized spacial score (nSPS) is 15.6. The van der Waals surface area contributed by atoms with Crippen molar-refractivity contribution in [1.29, 1.82) is 0 Å². The molecule has 3 aromatic carbocycles. The first-order chi connectivity index (χ1) is 16.7. The number of allylic oxidation sites excluding steroid dienone is 2. The zero-order valence-electron chi connectivity index (χ0n) is 19.2. The van der Waals surface area contributed by atoms with Gasteiger partial charge in [0.05, 0.1) is 12.7 Å². The molecule has 1 aliphatic carbocycles. The van der Waals surface area contributed by atoms with Crippen LogP contribution in [0, 0.1) is 5.92 Å². The van der Waals surface area contributed by atoms with Gasteiger partial charge in [-0.25, -0.2) is 9.78 Å². The number of hydrogen-bond acceptors (Lipinski definition) is 4. The van der Waals surface area contributed by atoms with Crippen LogP contribution in [-0.4, -0.2) is 18.1 Å². The van der Waals surface area contributed by atoms with Gasteiger partial charge in [-0.1, -0.05) is 78.9 Å². The van der Waals surface area contributed by atoms with Crippen molar-refractivity contribution in [2.24, 2.45) is 5.92 Å². The van der Waals surface area contributed by atoms with Gasteiger partial charge < -0.3 is 9.15 Å². The molecule has 0 unspecified atom stereocenters. The Morgan fingerprint density at radius 3 is 2.44 bits per heavy atom. The van der Waals surface area contributed by atoms with Gasteiger partial charge in [-0.15, -0.1) is 0 Å². The fraction of sp³-hybridized carbons (Fsp3) is 0.200. The maximum atomic E-state index is 12.0. The van der Waals surface area contributed by atoms with Crippen molar-refractivity contribution in [1.82, 2.24) is 4.98 Å². The Morgan fingerprint density at radius 2 is 1.71 bits per heavy atom. The van der Waals surface area contributed by atoms with E-state index in [0.29, 0.717) is 11.5 Å². The highest BCUT2D eigenvalue weighted by Crippen LogP contribution is 2.40. The molecular formula is C30H27NO3. The number of ether oxygens (including phenoxy) is 1. The summed E-state index contributed by atoms with van der Waals surface area (Å²) in [6.07, 6.45) is 6.28. The molecule has 0 aliphatic heterocycles. The second kappa shape index (κ2) is 9.92. The standard InChI is InChI=1S/C30H27NO3/c1-33-30(32)25-17-10-11-21(20-25)19-24-16-8-9-18-26(24)29-31-27(22-12-4-2-5-13-22)28(34-29)23-14-6-3-7-15-23/h2-7,10-15,17-18,20,24H,8-9,16,19H2,1H3/t24-/m1/s1. The Labute approximate surface area is 199 Å². The van der Waals surface area contributed by atoms with Gasteiger partial charge in [0.2, 0.25) is 5.89 Å². The summed E-state index contributed by atoms with van der Waals surface area (Å²) < 4.78 is 11.4. The average Bonchev–Trinajstić information content (AvgIpc) is 3.35. The van der Waals surface area contributed by atoms with E-state index in [1.165, 1.54) is 7.11 Å². The summed E-state index contributed by atoms with van der Waals surface area (Å²) in [5.41, 5.74) is 5.75. The van der Waals surface area contributed by atoms with Crippen LogP contribution >= 0.6 is 0 Å². The minimum atomic E-state index is -0.311. The number of hydrogen-bond donors (Lipinski definition) is 0. The molecule has 0 saturated carbocycles. The predicted octanol–water partition coefficient (Wildman–Crippen LogP) is 7.22. The van der Waals surface area contributed by atoms with Crippen LogP contribution in [0.1, 0.15) is 41.1 Å². The Morgan fingerprint density at radius 1 is 0.971 bits per heavy atom. The molecule has 0 saturated heterocycles. The summed E-state index contributed by atoms with van der Waals surface area (Å²) in [4.78, 5) is 17.0. The Kier molecular flexibility index (Phi) is 6.39. The lowest BCUT2D eigenvalue weighted by molar-refractivity contribution is 0.0600. The van der Waals surface area contributed by atoms with Crippen molar-refractivity contribution >= 4 is 11.5 Å². The summed E-state index contributed by atoms with van der Waals surface area (Å²) in [6, 6.07) is 28.1. The lowest BCUT2D eigenvalue weighted by Crippen LogP contribution is -2.12. The van der Waals surface area contributed by atoms with Crippen LogP contribution in [0.15, 0.2) is 95.4 Å². The van der Waals surface area contributed by atoms with Crippen LogP contribution in [0.3, 0.4) is 0 Å². The zero-order chi connectivity index (χ0) is 23.3. The van der Waals surface area contributed by atoms with Crippen molar-refractivity contribution in [2.75, 3.05) is 7.11 Å². The topological polar surface area (TPSA) is 52.3 Å². The molecule has 0 amide bonds. The fourth-order valence-corrected chi connectivity index (χ4v) is 4.67. The molecule has 0 bridgehead atoms. The molecule has 4 heteroatoms. The molecule has 34 heavy (non-hydrogen) atoms. The molecule has 4 nitrogen and oxygen atoms in total. The first-order valence-electron chi connectivity index (χ1n) is 11.7. The van der Waals surface area contributed by atoms with Gasteiger partial charge in [-0.3, -0.25) is 0 Å². The van der Waals surface area contributed by atoms with E-state index in [1.54, 1.807) is 6.07 Å².